The van der Waals surface area contributed by atoms with Gasteiger partial charge in [-0.3, -0.25) is 9.69 Å². The first-order valence-electron chi connectivity index (χ1n) is 24.8. The third kappa shape index (κ3) is 16.3. The minimum absolute atomic E-state index is 0.171. The first-order valence-corrected chi connectivity index (χ1v) is 25.2. The van der Waals surface area contributed by atoms with Crippen molar-refractivity contribution in [2.24, 2.45) is 17.8 Å². The first-order chi connectivity index (χ1) is 32.4. The second-order valence-electron chi connectivity index (χ2n) is 20.3. The Morgan fingerprint density at radius 1 is 1.09 bits per heavy atom. The van der Waals surface area contributed by atoms with Crippen molar-refractivity contribution < 1.29 is 58.7 Å². The van der Waals surface area contributed by atoms with Crippen LogP contribution in [0.4, 0.5) is 5.69 Å². The fourth-order valence-corrected chi connectivity index (χ4v) is 10.0. The number of nitrogens with zero attached hydrogens (tertiary/aromatic N) is 4. The molecule has 0 bridgehead atoms. The number of benzene rings is 1. The van der Waals surface area contributed by atoms with Gasteiger partial charge in [0.25, 0.3) is 0 Å². The first kappa shape index (κ1) is 58.7. The number of aromatic nitrogens is 2. The van der Waals surface area contributed by atoms with Crippen molar-refractivity contribution in [3.05, 3.63) is 42.7 Å². The van der Waals surface area contributed by atoms with E-state index in [1.807, 2.05) is 83.2 Å². The van der Waals surface area contributed by atoms with Crippen LogP contribution < -0.4 is 10.6 Å². The Morgan fingerprint density at radius 3 is 2.36 bits per heavy atom. The fourth-order valence-electron chi connectivity index (χ4n) is 9.82. The summed E-state index contributed by atoms with van der Waals surface area (Å²) >= 11 is 5.64. The van der Waals surface area contributed by atoms with Crippen molar-refractivity contribution in [3.63, 3.8) is 0 Å². The van der Waals surface area contributed by atoms with Crippen LogP contribution in [0.2, 0.25) is 0 Å². The minimum atomic E-state index is -1.90. The minimum Gasteiger partial charge on any atom is -0.459 e. The van der Waals surface area contributed by atoms with Gasteiger partial charge in [-0.15, -0.1) is 0 Å². The van der Waals surface area contributed by atoms with Crippen LogP contribution in [0, 0.1) is 17.8 Å². The van der Waals surface area contributed by atoms with Gasteiger partial charge in [-0.2, -0.15) is 5.10 Å². The molecule has 2 aromatic rings. The van der Waals surface area contributed by atoms with Crippen molar-refractivity contribution in [1.29, 1.82) is 0 Å². The van der Waals surface area contributed by atoms with Crippen LogP contribution in [0.25, 0.3) is 5.69 Å². The van der Waals surface area contributed by atoms with E-state index < -0.39 is 90.4 Å². The van der Waals surface area contributed by atoms with Crippen LogP contribution >= 0.6 is 12.2 Å². The van der Waals surface area contributed by atoms with Gasteiger partial charge in [0.1, 0.15) is 23.9 Å². The molecule has 394 valence electrons. The highest BCUT2D eigenvalue weighted by Gasteiger charge is 2.51. The summed E-state index contributed by atoms with van der Waals surface area (Å²) in [6, 6.07) is 8.63. The number of esters is 1. The van der Waals surface area contributed by atoms with Crippen LogP contribution in [0.3, 0.4) is 0 Å². The van der Waals surface area contributed by atoms with Crippen LogP contribution in [-0.2, 0) is 33.2 Å². The molecule has 19 heteroatoms. The van der Waals surface area contributed by atoms with Gasteiger partial charge in [-0.1, -0.05) is 20.8 Å². The number of cyclic esters (lactones) is 1. The highest BCUT2D eigenvalue weighted by molar-refractivity contribution is 7.80. The number of hydrogen-bond donors (Lipinski definition) is 7. The maximum absolute atomic E-state index is 14.6. The molecule has 1 aromatic carbocycles. The predicted octanol–water partition coefficient (Wildman–Crippen LogP) is 4.08. The molecular weight excluding hydrogens is 909 g/mol. The van der Waals surface area contributed by atoms with E-state index in [0.29, 0.717) is 37.6 Å². The van der Waals surface area contributed by atoms with E-state index in [0.717, 1.165) is 11.4 Å². The number of anilines is 1. The maximum atomic E-state index is 14.6. The summed E-state index contributed by atoms with van der Waals surface area (Å²) in [5.74, 6) is -2.82. The van der Waals surface area contributed by atoms with Crippen LogP contribution in [0.1, 0.15) is 101 Å². The van der Waals surface area contributed by atoms with Crippen molar-refractivity contribution in [2.75, 3.05) is 52.8 Å². The molecule has 0 spiro atoms. The maximum Gasteiger partial charge on any atom is 0.311 e. The number of ether oxygens (including phenoxy) is 6. The molecule has 2 aliphatic rings. The highest BCUT2D eigenvalue weighted by Crippen LogP contribution is 2.38. The smallest absolute Gasteiger partial charge is 0.311 e. The summed E-state index contributed by atoms with van der Waals surface area (Å²) in [5.41, 5.74) is -1.81. The number of hydrogen-bond acceptors (Lipinski definition) is 16. The molecule has 2 fully saturated rings. The molecule has 18 nitrogen and oxygen atoms in total. The predicted molar refractivity (Wildman–Crippen MR) is 268 cm³/mol. The molecule has 0 unspecified atom stereocenters. The quantitative estimate of drug-likeness (QED) is 0.0484. The third-order valence-corrected chi connectivity index (χ3v) is 14.2. The SMILES string of the molecule is CC[C@H]1OC(=O)[C@H](C)[C@@H](O[C@@H](CCOC)O[C@@H](C)[C@@H](C)O)[C@H](C)[C@@H](O[C@@H]2O[C@H](C)C[C@H](N(C)C)[C@H]2O)[C@](C)(O)C[C@@H](C)CN(CCCNC(=S)Nc2ccc(-n3cccn3)cc2)[C@H](C)[C@@H](O)[C@]1(C)O. The second kappa shape index (κ2) is 26.7. The topological polar surface area (TPSA) is 222 Å². The molecule has 2 aliphatic heterocycles. The average Bonchev–Trinajstić information content (AvgIpc) is 3.84. The van der Waals surface area contributed by atoms with Crippen LogP contribution in [0.5, 0.6) is 0 Å². The fraction of sp³-hybridized carbons (Fsp3) is 0.780. The number of rotatable bonds is 18. The number of aliphatic hydroxyl groups excluding tert-OH is 3. The van der Waals surface area contributed by atoms with Crippen molar-refractivity contribution in [1.82, 2.24) is 24.9 Å². The van der Waals surface area contributed by atoms with E-state index in [1.165, 1.54) is 6.92 Å². The standard InChI is InChI=1S/C50H86N6O12S/c1-14-40-50(10,62)44(59)34(6)55(24-15-22-51-48(69)53-37-17-19-38(20-18-37)56-25-16-23-52-56)29-30(2)28-49(9,61)45(68-47-42(58)39(54(11)12)27-31(3)64-47)32(4)43(33(5)46(60)66-40)67-41(21-26-63-13)65-36(8)35(7)57/h16-20,23,25,30-36,39-45,47,57-59,61-62H,14-15,21-22,24,26-29H2,1-13H3,(H2,51,53,69)/t30-,31-,32+,33-,34-,35-,36+,39+,40-,41+,42-,43+,44-,45-,47+,49-,50-/m1/s1. The van der Waals surface area contributed by atoms with Gasteiger partial charge in [-0.05, 0) is 137 Å². The summed E-state index contributed by atoms with van der Waals surface area (Å²) in [5, 5.41) is 70.7. The molecule has 0 aliphatic carbocycles. The Balaban J connectivity index is 1.69. The van der Waals surface area contributed by atoms with Crippen molar-refractivity contribution in [2.45, 2.75) is 186 Å². The highest BCUT2D eigenvalue weighted by atomic mass is 32.1. The molecule has 17 atom stereocenters. The van der Waals surface area contributed by atoms with Crippen molar-refractivity contribution >= 4 is 29.0 Å². The number of carbonyl (C=O) groups excluding carboxylic acids is 1. The van der Waals surface area contributed by atoms with Gasteiger partial charge < -0.3 is 69.5 Å². The summed E-state index contributed by atoms with van der Waals surface area (Å²) in [7, 11) is 5.31. The summed E-state index contributed by atoms with van der Waals surface area (Å²) in [4.78, 5) is 18.6. The van der Waals surface area contributed by atoms with Crippen molar-refractivity contribution in [3.8, 4) is 5.69 Å². The van der Waals surface area contributed by atoms with E-state index in [9.17, 15) is 30.3 Å². The van der Waals surface area contributed by atoms with Gasteiger partial charge in [0.15, 0.2) is 17.7 Å². The molecular formula is C50H86N6O12S. The average molecular weight is 995 g/mol. The third-order valence-electron chi connectivity index (χ3n) is 14.0. The monoisotopic (exact) mass is 995 g/mol. The van der Waals surface area contributed by atoms with Gasteiger partial charge in [0.05, 0.1) is 54.3 Å². The lowest BCUT2D eigenvalue weighted by Crippen LogP contribution is -2.59. The lowest BCUT2D eigenvalue weighted by Gasteiger charge is -2.47. The largest absolute Gasteiger partial charge is 0.459 e. The Bertz CT molecular complexity index is 1830. The molecule has 69 heavy (non-hydrogen) atoms. The van der Waals surface area contributed by atoms with E-state index >= 15 is 0 Å². The Labute approximate surface area is 416 Å². The van der Waals surface area contributed by atoms with E-state index in [2.05, 4.69) is 20.6 Å². The van der Waals surface area contributed by atoms with Gasteiger partial charge in [0, 0.05) is 69.2 Å². The second-order valence-corrected chi connectivity index (χ2v) is 20.7. The molecule has 4 rings (SSSR count). The number of aliphatic hydroxyl groups is 5. The molecule has 1 aromatic heterocycles. The lowest BCUT2D eigenvalue weighted by molar-refractivity contribution is -0.306. The van der Waals surface area contributed by atoms with E-state index in [1.54, 1.807) is 52.6 Å². The molecule has 2 saturated heterocycles. The number of methoxy groups -OCH3 is 1. The number of thiocarbonyl (C=S) groups is 1. The summed E-state index contributed by atoms with van der Waals surface area (Å²) in [6.07, 6.45) is -4.41. The Morgan fingerprint density at radius 2 is 1.77 bits per heavy atom. The number of nitrogens with one attached hydrogen (secondary N) is 2. The molecule has 0 radical (unpaired) electrons. The van der Waals surface area contributed by atoms with Gasteiger partial charge in [-0.25, -0.2) is 4.68 Å². The van der Waals surface area contributed by atoms with Gasteiger partial charge in [0.2, 0.25) is 0 Å². The van der Waals surface area contributed by atoms with Gasteiger partial charge >= 0.3 is 5.97 Å². The van der Waals surface area contributed by atoms with Crippen LogP contribution in [-0.4, -0.2) is 188 Å². The number of likely N-dealkylation sites (N-methyl/N-ethyl adjacent to an activating group) is 1. The van der Waals surface area contributed by atoms with E-state index in [-0.39, 0.29) is 43.9 Å². The summed E-state index contributed by atoms with van der Waals surface area (Å²) < 4.78 is 39.5. The Kier molecular flexibility index (Phi) is 22.7. The normalized spacial score (nSPS) is 34.8. The zero-order valence-corrected chi connectivity index (χ0v) is 44.2. The Hall–Kier alpha value is -2.89. The molecule has 0 saturated carbocycles. The zero-order valence-electron chi connectivity index (χ0n) is 43.4. The zero-order chi connectivity index (χ0) is 51.4. The summed E-state index contributed by atoms with van der Waals surface area (Å²) in [6.45, 7) is 19.1. The number of carbonyl (C=O) groups is 1. The molecule has 0 amide bonds. The van der Waals surface area contributed by atoms with E-state index in [4.69, 9.17) is 40.6 Å². The lowest BCUT2D eigenvalue weighted by atomic mass is 9.77. The molecule has 3 heterocycles. The molecule has 7 N–H and O–H groups in total. The van der Waals surface area contributed by atoms with Crippen LogP contribution in [0.15, 0.2) is 42.7 Å².